The Kier molecular flexibility index (Phi) is 5.03. The number of hydrogen-bond acceptors (Lipinski definition) is 5. The van der Waals surface area contributed by atoms with Crippen LogP contribution in [0.25, 0.3) is 11.1 Å². The van der Waals surface area contributed by atoms with Gasteiger partial charge in [-0.05, 0) is 18.1 Å². The number of benzene rings is 2. The summed E-state index contributed by atoms with van der Waals surface area (Å²) in [5.41, 5.74) is 2.81. The second kappa shape index (κ2) is 7.63. The SMILES string of the molecule is CC(=O)c1sc(N2C(=O)CSC2c2ccccc2)c(C#N)c1-c1ccccc1. The lowest BCUT2D eigenvalue weighted by atomic mass is 10.0. The van der Waals surface area contributed by atoms with Crippen molar-refractivity contribution in [3.8, 4) is 17.2 Å². The van der Waals surface area contributed by atoms with Gasteiger partial charge in [0, 0.05) is 5.56 Å². The molecular formula is C22H16N2O2S2. The van der Waals surface area contributed by atoms with E-state index in [-0.39, 0.29) is 17.1 Å². The standard InChI is InChI=1S/C22H16N2O2S2/c1-14(25)20-19(15-8-4-2-5-9-15)17(12-23)22(28-20)24-18(26)13-27-21(24)16-10-6-3-7-11-16/h2-11,21H,13H2,1H3. The second-order valence-corrected chi connectivity index (χ2v) is 8.43. The van der Waals surface area contributed by atoms with E-state index < -0.39 is 0 Å². The van der Waals surface area contributed by atoms with Crippen molar-refractivity contribution in [1.29, 1.82) is 5.26 Å². The smallest absolute Gasteiger partial charge is 0.238 e. The zero-order valence-corrected chi connectivity index (χ0v) is 16.7. The predicted molar refractivity (Wildman–Crippen MR) is 114 cm³/mol. The van der Waals surface area contributed by atoms with Crippen molar-refractivity contribution in [1.82, 2.24) is 0 Å². The molecule has 0 radical (unpaired) electrons. The second-order valence-electron chi connectivity index (χ2n) is 6.36. The molecule has 28 heavy (non-hydrogen) atoms. The molecule has 1 aliphatic rings. The third-order valence-corrected chi connectivity index (χ3v) is 7.06. The molecule has 1 fully saturated rings. The maximum Gasteiger partial charge on any atom is 0.238 e. The molecule has 2 aromatic carbocycles. The molecule has 4 rings (SSSR count). The first kappa shape index (κ1) is 18.5. The Morgan fingerprint density at radius 2 is 1.75 bits per heavy atom. The quantitative estimate of drug-likeness (QED) is 0.556. The number of rotatable bonds is 4. The third-order valence-electron chi connectivity index (χ3n) is 4.56. The molecule has 0 bridgehead atoms. The summed E-state index contributed by atoms with van der Waals surface area (Å²) in [6, 6.07) is 21.4. The monoisotopic (exact) mass is 404 g/mol. The lowest BCUT2D eigenvalue weighted by Crippen LogP contribution is -2.27. The van der Waals surface area contributed by atoms with E-state index in [1.807, 2.05) is 60.7 Å². The molecule has 0 saturated carbocycles. The van der Waals surface area contributed by atoms with Crippen molar-refractivity contribution >= 4 is 39.8 Å². The van der Waals surface area contributed by atoms with Gasteiger partial charge in [0.25, 0.3) is 0 Å². The molecule has 1 saturated heterocycles. The summed E-state index contributed by atoms with van der Waals surface area (Å²) in [6.07, 6.45) is 0. The largest absolute Gasteiger partial charge is 0.294 e. The molecule has 4 nitrogen and oxygen atoms in total. The topological polar surface area (TPSA) is 61.2 Å². The molecule has 2 heterocycles. The van der Waals surface area contributed by atoms with Gasteiger partial charge in [0.2, 0.25) is 5.91 Å². The number of amides is 1. The number of Topliss-reactive ketones (excluding diaryl/α,β-unsaturated/α-hetero) is 1. The van der Waals surface area contributed by atoms with Crippen LogP contribution in [0.3, 0.4) is 0 Å². The average Bonchev–Trinajstić information content (AvgIpc) is 3.29. The first-order valence-corrected chi connectivity index (χ1v) is 10.6. The molecule has 138 valence electrons. The molecule has 1 atom stereocenters. The van der Waals surface area contributed by atoms with Crippen molar-refractivity contribution in [2.45, 2.75) is 12.3 Å². The molecule has 0 aliphatic carbocycles. The van der Waals surface area contributed by atoms with Gasteiger partial charge in [-0.2, -0.15) is 5.26 Å². The fourth-order valence-corrected chi connectivity index (χ4v) is 5.77. The number of carbonyl (C=O) groups is 2. The number of nitrogens with zero attached hydrogens (tertiary/aromatic N) is 2. The maximum absolute atomic E-state index is 12.8. The summed E-state index contributed by atoms with van der Waals surface area (Å²) >= 11 is 2.77. The number of carbonyl (C=O) groups excluding carboxylic acids is 2. The van der Waals surface area contributed by atoms with Crippen LogP contribution in [0.4, 0.5) is 5.00 Å². The van der Waals surface area contributed by atoms with Gasteiger partial charge < -0.3 is 0 Å². The Morgan fingerprint density at radius 3 is 2.36 bits per heavy atom. The maximum atomic E-state index is 12.8. The van der Waals surface area contributed by atoms with E-state index in [9.17, 15) is 14.9 Å². The average molecular weight is 405 g/mol. The molecule has 3 aromatic rings. The van der Waals surface area contributed by atoms with E-state index in [2.05, 4.69) is 6.07 Å². The minimum Gasteiger partial charge on any atom is -0.294 e. The molecule has 0 N–H and O–H groups in total. The normalized spacial score (nSPS) is 16.2. The molecular weight excluding hydrogens is 388 g/mol. The molecule has 1 aliphatic heterocycles. The molecule has 1 aromatic heterocycles. The summed E-state index contributed by atoms with van der Waals surface area (Å²) in [4.78, 5) is 27.3. The highest BCUT2D eigenvalue weighted by atomic mass is 32.2. The van der Waals surface area contributed by atoms with Gasteiger partial charge in [0.15, 0.2) is 5.78 Å². The third kappa shape index (κ3) is 3.13. The number of thioether (sulfide) groups is 1. The van der Waals surface area contributed by atoms with E-state index in [0.29, 0.717) is 26.8 Å². The van der Waals surface area contributed by atoms with Gasteiger partial charge in [-0.25, -0.2) is 0 Å². The minimum absolute atomic E-state index is 0.0497. The van der Waals surface area contributed by atoms with Crippen LogP contribution < -0.4 is 4.90 Å². The van der Waals surface area contributed by atoms with Crippen LogP contribution in [-0.2, 0) is 4.79 Å². The minimum atomic E-state index is -0.206. The van der Waals surface area contributed by atoms with E-state index in [1.165, 1.54) is 30.0 Å². The Bertz CT molecular complexity index is 1080. The summed E-state index contributed by atoms with van der Waals surface area (Å²) in [7, 11) is 0. The summed E-state index contributed by atoms with van der Waals surface area (Å²) in [6.45, 7) is 1.50. The van der Waals surface area contributed by atoms with Gasteiger partial charge in [-0.1, -0.05) is 60.7 Å². The number of nitriles is 1. The number of ketones is 1. The molecule has 1 amide bonds. The number of thiophene rings is 1. The van der Waals surface area contributed by atoms with Crippen LogP contribution in [0.2, 0.25) is 0 Å². The Hall–Kier alpha value is -2.88. The van der Waals surface area contributed by atoms with Gasteiger partial charge in [-0.3, -0.25) is 14.5 Å². The van der Waals surface area contributed by atoms with Crippen LogP contribution in [0, 0.1) is 11.3 Å². The molecule has 0 spiro atoms. The van der Waals surface area contributed by atoms with Crippen LogP contribution >= 0.6 is 23.1 Å². The zero-order valence-electron chi connectivity index (χ0n) is 15.1. The Labute approximate surface area is 171 Å². The lowest BCUT2D eigenvalue weighted by molar-refractivity contribution is -0.115. The van der Waals surface area contributed by atoms with Crippen LogP contribution in [0.5, 0.6) is 0 Å². The highest BCUT2D eigenvalue weighted by Crippen LogP contribution is 2.49. The summed E-state index contributed by atoms with van der Waals surface area (Å²) < 4.78 is 0. The number of anilines is 1. The number of hydrogen-bond donors (Lipinski definition) is 0. The first-order valence-electron chi connectivity index (χ1n) is 8.73. The predicted octanol–water partition coefficient (Wildman–Crippen LogP) is 5.27. The van der Waals surface area contributed by atoms with E-state index >= 15 is 0 Å². The van der Waals surface area contributed by atoms with Crippen LogP contribution in [-0.4, -0.2) is 17.4 Å². The van der Waals surface area contributed by atoms with Gasteiger partial charge >= 0.3 is 0 Å². The fourth-order valence-electron chi connectivity index (χ4n) is 3.33. The summed E-state index contributed by atoms with van der Waals surface area (Å²) in [5, 5.41) is 10.3. The van der Waals surface area contributed by atoms with E-state index in [4.69, 9.17) is 0 Å². The molecule has 6 heteroatoms. The summed E-state index contributed by atoms with van der Waals surface area (Å²) in [5.74, 6) is 0.187. The highest BCUT2D eigenvalue weighted by molar-refractivity contribution is 8.00. The van der Waals surface area contributed by atoms with Crippen molar-refractivity contribution in [2.24, 2.45) is 0 Å². The lowest BCUT2D eigenvalue weighted by Gasteiger charge is -2.23. The van der Waals surface area contributed by atoms with Gasteiger partial charge in [-0.15, -0.1) is 23.1 Å². The van der Waals surface area contributed by atoms with E-state index in [0.717, 1.165) is 11.1 Å². The first-order chi connectivity index (χ1) is 13.6. The zero-order chi connectivity index (χ0) is 19.7. The van der Waals surface area contributed by atoms with Gasteiger partial charge in [0.05, 0.1) is 16.2 Å². The molecule has 1 unspecified atom stereocenters. The highest BCUT2D eigenvalue weighted by Gasteiger charge is 2.38. The van der Waals surface area contributed by atoms with E-state index in [1.54, 1.807) is 4.90 Å². The van der Waals surface area contributed by atoms with Crippen LogP contribution in [0.1, 0.15) is 33.1 Å². The van der Waals surface area contributed by atoms with Crippen molar-refractivity contribution in [3.63, 3.8) is 0 Å². The Balaban J connectivity index is 1.91. The van der Waals surface area contributed by atoms with Crippen molar-refractivity contribution in [2.75, 3.05) is 10.7 Å². The van der Waals surface area contributed by atoms with Gasteiger partial charge in [0.1, 0.15) is 16.4 Å². The van der Waals surface area contributed by atoms with Crippen molar-refractivity contribution < 1.29 is 9.59 Å². The van der Waals surface area contributed by atoms with Crippen molar-refractivity contribution in [3.05, 3.63) is 76.7 Å². The Morgan fingerprint density at radius 1 is 1.11 bits per heavy atom. The fraction of sp³-hybridized carbons (Fsp3) is 0.136. The van der Waals surface area contributed by atoms with Crippen LogP contribution in [0.15, 0.2) is 60.7 Å².